The Morgan fingerprint density at radius 1 is 1.05 bits per heavy atom. The Balaban J connectivity index is 2.06. The number of allylic oxidation sites excluding steroid dienone is 2. The highest BCUT2D eigenvalue weighted by atomic mass is 127. The van der Waals surface area contributed by atoms with Crippen LogP contribution in [0.15, 0.2) is 42.8 Å². The minimum atomic E-state index is 0.661. The van der Waals surface area contributed by atoms with Crippen LogP contribution in [0, 0.1) is 3.83 Å². The van der Waals surface area contributed by atoms with Gasteiger partial charge in [0.15, 0.2) is 15.5 Å². The molecule has 0 spiro atoms. The molecular weight excluding hydrogens is 353 g/mol. The number of nitrogens with one attached hydrogen (secondary N) is 1. The van der Waals surface area contributed by atoms with Gasteiger partial charge in [0.2, 0.25) is 0 Å². The van der Waals surface area contributed by atoms with Crippen LogP contribution in [-0.2, 0) is 0 Å². The Hall–Kier alpha value is -1.83. The fourth-order valence-electron chi connectivity index (χ4n) is 1.71. The van der Waals surface area contributed by atoms with Gasteiger partial charge < -0.3 is 5.32 Å². The number of nitrogens with zero attached hydrogens (tertiary/aromatic N) is 4. The molecule has 1 N–H and O–H groups in total. The summed E-state index contributed by atoms with van der Waals surface area (Å²) in [5.74, 6) is 1.32. The summed E-state index contributed by atoms with van der Waals surface area (Å²) in [5, 5.41) is 3.25. The molecule has 2 aromatic rings. The van der Waals surface area contributed by atoms with Crippen LogP contribution in [0.1, 0.15) is 5.82 Å². The molecule has 1 aliphatic heterocycles. The zero-order chi connectivity index (χ0) is 13.1. The Kier molecular flexibility index (Phi) is 3.49. The number of hydrogen-bond donors (Lipinski definition) is 1. The van der Waals surface area contributed by atoms with E-state index in [1.807, 2.05) is 30.4 Å². The zero-order valence-electron chi connectivity index (χ0n) is 9.92. The summed E-state index contributed by atoms with van der Waals surface area (Å²) in [4.78, 5) is 17.2. The van der Waals surface area contributed by atoms with Crippen LogP contribution < -0.4 is 5.32 Å². The van der Waals surface area contributed by atoms with Crippen molar-refractivity contribution < 1.29 is 0 Å². The van der Waals surface area contributed by atoms with Gasteiger partial charge in [0.05, 0.1) is 5.70 Å². The highest BCUT2D eigenvalue weighted by Crippen LogP contribution is 2.17. The average Bonchev–Trinajstić information content (AvgIpc) is 2.48. The first kappa shape index (κ1) is 12.2. The molecule has 0 unspecified atom stereocenters. The predicted octanol–water partition coefficient (Wildman–Crippen LogP) is 2.04. The second-order valence-corrected chi connectivity index (χ2v) is 4.84. The summed E-state index contributed by atoms with van der Waals surface area (Å²) < 4.78 is 0.673. The van der Waals surface area contributed by atoms with E-state index in [9.17, 15) is 0 Å². The first-order valence-electron chi connectivity index (χ1n) is 5.76. The molecule has 2 aromatic heterocycles. The van der Waals surface area contributed by atoms with Crippen molar-refractivity contribution in [2.75, 3.05) is 6.54 Å². The molecule has 0 bridgehead atoms. The maximum absolute atomic E-state index is 4.51. The third kappa shape index (κ3) is 2.78. The van der Waals surface area contributed by atoms with Gasteiger partial charge in [-0.3, -0.25) is 4.98 Å². The predicted molar refractivity (Wildman–Crippen MR) is 80.9 cm³/mol. The van der Waals surface area contributed by atoms with Crippen molar-refractivity contribution in [3.05, 3.63) is 52.4 Å². The minimum Gasteiger partial charge on any atom is -0.379 e. The van der Waals surface area contributed by atoms with E-state index in [0.717, 1.165) is 17.8 Å². The van der Waals surface area contributed by atoms with Crippen molar-refractivity contribution in [3.63, 3.8) is 0 Å². The van der Waals surface area contributed by atoms with Crippen LogP contribution in [0.3, 0.4) is 0 Å². The van der Waals surface area contributed by atoms with Crippen LogP contribution in [-0.4, -0.2) is 26.5 Å². The molecule has 0 aliphatic carbocycles. The normalized spacial score (nSPS) is 13.8. The minimum absolute atomic E-state index is 0.661. The van der Waals surface area contributed by atoms with Crippen LogP contribution in [0.5, 0.6) is 0 Å². The number of pyridine rings is 1. The molecule has 3 heterocycles. The van der Waals surface area contributed by atoms with Crippen molar-refractivity contribution in [2.24, 2.45) is 0 Å². The van der Waals surface area contributed by atoms with Gasteiger partial charge in [0.1, 0.15) is 0 Å². The molecule has 1 aliphatic rings. The monoisotopic (exact) mass is 363 g/mol. The van der Waals surface area contributed by atoms with Gasteiger partial charge in [0.25, 0.3) is 0 Å². The number of aromatic nitrogens is 4. The van der Waals surface area contributed by atoms with Gasteiger partial charge in [0, 0.05) is 47.1 Å². The lowest BCUT2D eigenvalue weighted by atomic mass is 10.2. The van der Waals surface area contributed by atoms with Gasteiger partial charge in [-0.2, -0.15) is 0 Å². The molecule has 94 valence electrons. The Morgan fingerprint density at radius 2 is 1.84 bits per heavy atom. The summed E-state index contributed by atoms with van der Waals surface area (Å²) in [6.07, 6.45) is 9.46. The second kappa shape index (κ2) is 5.43. The van der Waals surface area contributed by atoms with Crippen LogP contribution in [0.4, 0.5) is 0 Å². The number of hydrogen-bond acceptors (Lipinski definition) is 5. The lowest BCUT2D eigenvalue weighted by molar-refractivity contribution is 0.921. The van der Waals surface area contributed by atoms with Crippen LogP contribution in [0.25, 0.3) is 17.1 Å². The SMILES string of the molecule is Ic1nc(C2=CC=CCN2)nc(-c2ccncc2)n1. The Morgan fingerprint density at radius 3 is 2.58 bits per heavy atom. The lowest BCUT2D eigenvalue weighted by Crippen LogP contribution is -2.17. The molecule has 19 heavy (non-hydrogen) atoms. The third-order valence-corrected chi connectivity index (χ3v) is 3.08. The Labute approximate surface area is 124 Å². The molecule has 0 saturated heterocycles. The van der Waals surface area contributed by atoms with Gasteiger partial charge in [-0.15, -0.1) is 0 Å². The molecule has 3 rings (SSSR count). The molecule has 0 radical (unpaired) electrons. The molecule has 0 aromatic carbocycles. The van der Waals surface area contributed by atoms with Crippen molar-refractivity contribution >= 4 is 28.3 Å². The van der Waals surface area contributed by atoms with Gasteiger partial charge >= 0.3 is 0 Å². The first-order valence-corrected chi connectivity index (χ1v) is 6.84. The van der Waals surface area contributed by atoms with Gasteiger partial charge in [-0.05, 0) is 18.2 Å². The van der Waals surface area contributed by atoms with E-state index in [0.29, 0.717) is 15.5 Å². The molecule has 0 fully saturated rings. The van der Waals surface area contributed by atoms with Crippen LogP contribution in [0.2, 0.25) is 0 Å². The molecule has 6 heteroatoms. The van der Waals surface area contributed by atoms with E-state index < -0.39 is 0 Å². The van der Waals surface area contributed by atoms with Gasteiger partial charge in [-0.25, -0.2) is 15.0 Å². The topological polar surface area (TPSA) is 63.6 Å². The maximum atomic E-state index is 4.51. The molecule has 5 nitrogen and oxygen atoms in total. The summed E-state index contributed by atoms with van der Waals surface area (Å²) in [6, 6.07) is 3.77. The Bertz CT molecular complexity index is 651. The number of rotatable bonds is 2. The van der Waals surface area contributed by atoms with E-state index in [1.54, 1.807) is 12.4 Å². The van der Waals surface area contributed by atoms with Crippen molar-refractivity contribution in [2.45, 2.75) is 0 Å². The summed E-state index contributed by atoms with van der Waals surface area (Å²) in [6.45, 7) is 0.790. The number of halogens is 1. The van der Waals surface area contributed by atoms with E-state index in [4.69, 9.17) is 0 Å². The standard InChI is InChI=1S/C13H10IN5/c14-13-18-11(9-4-7-15-8-5-9)17-12(19-13)10-3-1-2-6-16-10/h1-5,7-8,16H,6H2. The maximum Gasteiger partial charge on any atom is 0.194 e. The third-order valence-electron chi connectivity index (χ3n) is 2.60. The quantitative estimate of drug-likeness (QED) is 0.828. The van der Waals surface area contributed by atoms with E-state index >= 15 is 0 Å². The fraction of sp³-hybridized carbons (Fsp3) is 0.0769. The van der Waals surface area contributed by atoms with E-state index in [-0.39, 0.29) is 0 Å². The van der Waals surface area contributed by atoms with E-state index in [2.05, 4.69) is 47.8 Å². The molecule has 0 atom stereocenters. The highest BCUT2D eigenvalue weighted by molar-refractivity contribution is 14.1. The molecule has 0 amide bonds. The zero-order valence-corrected chi connectivity index (χ0v) is 12.1. The second-order valence-electron chi connectivity index (χ2n) is 3.88. The van der Waals surface area contributed by atoms with Crippen molar-refractivity contribution in [3.8, 4) is 11.4 Å². The first-order chi connectivity index (χ1) is 9.33. The average molecular weight is 363 g/mol. The number of dihydropyridines is 1. The largest absolute Gasteiger partial charge is 0.379 e. The van der Waals surface area contributed by atoms with E-state index in [1.165, 1.54) is 0 Å². The summed E-state index contributed by atoms with van der Waals surface area (Å²) in [5.41, 5.74) is 1.85. The van der Waals surface area contributed by atoms with Gasteiger partial charge in [-0.1, -0.05) is 12.2 Å². The smallest absolute Gasteiger partial charge is 0.194 e. The summed E-state index contributed by atoms with van der Waals surface area (Å²) >= 11 is 2.10. The molecular formula is C13H10IN5. The fourth-order valence-corrected chi connectivity index (χ4v) is 2.17. The van der Waals surface area contributed by atoms with Crippen molar-refractivity contribution in [1.82, 2.24) is 25.3 Å². The lowest BCUT2D eigenvalue weighted by Gasteiger charge is -2.11. The summed E-state index contributed by atoms with van der Waals surface area (Å²) in [7, 11) is 0. The highest BCUT2D eigenvalue weighted by Gasteiger charge is 2.11. The molecule has 0 saturated carbocycles. The van der Waals surface area contributed by atoms with Crippen molar-refractivity contribution in [1.29, 1.82) is 0 Å². The van der Waals surface area contributed by atoms with Crippen LogP contribution >= 0.6 is 22.6 Å².